The van der Waals surface area contributed by atoms with Crippen LogP contribution in [0.3, 0.4) is 0 Å². The minimum Gasteiger partial charge on any atom is -0.461 e. The number of amides is 1. The molecule has 0 aliphatic rings. The summed E-state index contributed by atoms with van der Waals surface area (Å²) >= 11 is 0. The molecule has 0 bridgehead atoms. The van der Waals surface area contributed by atoms with Crippen LogP contribution in [0.4, 0.5) is 13.2 Å². The van der Waals surface area contributed by atoms with Crippen LogP contribution < -0.4 is 5.32 Å². The summed E-state index contributed by atoms with van der Waals surface area (Å²) in [4.78, 5) is 22.9. The largest absolute Gasteiger partial charge is 0.471 e. The smallest absolute Gasteiger partial charge is 0.461 e. The number of esters is 1. The maximum absolute atomic E-state index is 12.4. The first kappa shape index (κ1) is 20.7. The van der Waals surface area contributed by atoms with Crippen molar-refractivity contribution >= 4 is 11.9 Å². The van der Waals surface area contributed by atoms with Gasteiger partial charge in [-0.05, 0) is 11.5 Å². The SMILES string of the molecule is C=C[C@H](C)[C@@H](NC(=O)C(F)(F)F)[C@@H](O)CC(=O)OCc1ccccc1. The molecule has 1 rings (SSSR count). The van der Waals surface area contributed by atoms with E-state index in [0.29, 0.717) is 0 Å². The third-order valence-electron chi connectivity index (χ3n) is 3.53. The van der Waals surface area contributed by atoms with Crippen molar-refractivity contribution in [3.63, 3.8) is 0 Å². The Morgan fingerprint density at radius 3 is 2.44 bits per heavy atom. The molecule has 0 spiro atoms. The summed E-state index contributed by atoms with van der Waals surface area (Å²) < 4.78 is 42.2. The summed E-state index contributed by atoms with van der Waals surface area (Å²) in [6, 6.07) is 7.44. The highest BCUT2D eigenvalue weighted by molar-refractivity contribution is 5.82. The Kier molecular flexibility index (Phi) is 7.63. The lowest BCUT2D eigenvalue weighted by molar-refractivity contribution is -0.175. The molecule has 0 radical (unpaired) electrons. The lowest BCUT2D eigenvalue weighted by atomic mass is 9.94. The average Bonchev–Trinajstić information content (AvgIpc) is 2.56. The number of nitrogens with one attached hydrogen (secondary N) is 1. The highest BCUT2D eigenvalue weighted by Crippen LogP contribution is 2.18. The molecule has 0 aromatic heterocycles. The maximum Gasteiger partial charge on any atom is 0.471 e. The Morgan fingerprint density at radius 2 is 1.92 bits per heavy atom. The summed E-state index contributed by atoms with van der Waals surface area (Å²) in [5, 5.41) is 11.8. The molecule has 0 saturated carbocycles. The van der Waals surface area contributed by atoms with Gasteiger partial charge in [0.15, 0.2) is 0 Å². The minimum atomic E-state index is -5.09. The second kappa shape index (κ2) is 9.22. The molecule has 5 nitrogen and oxygen atoms in total. The second-order valence-electron chi connectivity index (χ2n) is 5.51. The van der Waals surface area contributed by atoms with Crippen molar-refractivity contribution in [2.75, 3.05) is 0 Å². The van der Waals surface area contributed by atoms with Gasteiger partial charge in [0, 0.05) is 0 Å². The number of carbonyl (C=O) groups is 2. The average molecular weight is 359 g/mol. The van der Waals surface area contributed by atoms with Gasteiger partial charge < -0.3 is 15.2 Å². The Labute approximate surface area is 143 Å². The van der Waals surface area contributed by atoms with Gasteiger partial charge in [-0.25, -0.2) is 0 Å². The van der Waals surface area contributed by atoms with Crippen LogP contribution in [-0.4, -0.2) is 35.3 Å². The van der Waals surface area contributed by atoms with Crippen LogP contribution >= 0.6 is 0 Å². The van der Waals surface area contributed by atoms with Gasteiger partial charge in [-0.1, -0.05) is 43.3 Å². The number of halogens is 3. The number of ether oxygens (including phenoxy) is 1. The zero-order valence-electron chi connectivity index (χ0n) is 13.6. The van der Waals surface area contributed by atoms with E-state index in [2.05, 4.69) is 6.58 Å². The molecule has 0 aliphatic heterocycles. The van der Waals surface area contributed by atoms with Crippen LogP contribution in [0, 0.1) is 5.92 Å². The van der Waals surface area contributed by atoms with E-state index in [1.165, 1.54) is 13.0 Å². The van der Waals surface area contributed by atoms with E-state index in [9.17, 15) is 27.9 Å². The van der Waals surface area contributed by atoms with Gasteiger partial charge in [-0.15, -0.1) is 6.58 Å². The molecule has 0 heterocycles. The zero-order chi connectivity index (χ0) is 19.0. The third kappa shape index (κ3) is 6.96. The molecule has 8 heteroatoms. The number of aliphatic hydroxyl groups is 1. The summed E-state index contributed by atoms with van der Waals surface area (Å²) in [7, 11) is 0. The molecular formula is C17H20F3NO4. The van der Waals surface area contributed by atoms with E-state index in [1.54, 1.807) is 35.6 Å². The van der Waals surface area contributed by atoms with Gasteiger partial charge in [0.1, 0.15) is 6.61 Å². The number of hydrogen-bond acceptors (Lipinski definition) is 4. The van der Waals surface area contributed by atoms with Crippen molar-refractivity contribution in [3.8, 4) is 0 Å². The molecule has 25 heavy (non-hydrogen) atoms. The van der Waals surface area contributed by atoms with Crippen molar-refractivity contribution in [3.05, 3.63) is 48.6 Å². The second-order valence-corrected chi connectivity index (χ2v) is 5.51. The van der Waals surface area contributed by atoms with Crippen molar-refractivity contribution in [1.29, 1.82) is 0 Å². The highest BCUT2D eigenvalue weighted by atomic mass is 19.4. The molecule has 138 valence electrons. The lowest BCUT2D eigenvalue weighted by Crippen LogP contribution is -2.51. The topological polar surface area (TPSA) is 75.6 Å². The molecule has 0 saturated heterocycles. The van der Waals surface area contributed by atoms with Crippen molar-refractivity contribution in [2.24, 2.45) is 5.92 Å². The van der Waals surface area contributed by atoms with E-state index in [1.807, 2.05) is 0 Å². The van der Waals surface area contributed by atoms with Crippen molar-refractivity contribution in [2.45, 2.75) is 38.3 Å². The predicted octanol–water partition coefficient (Wildman–Crippen LogP) is 2.35. The fraction of sp³-hybridized carbons (Fsp3) is 0.412. The number of rotatable bonds is 8. The van der Waals surface area contributed by atoms with Crippen LogP contribution in [0.5, 0.6) is 0 Å². The van der Waals surface area contributed by atoms with Gasteiger partial charge in [0.25, 0.3) is 0 Å². The summed E-state index contributed by atoms with van der Waals surface area (Å²) in [6.45, 7) is 4.87. The molecule has 1 aromatic carbocycles. The number of alkyl halides is 3. The number of aliphatic hydroxyl groups excluding tert-OH is 1. The van der Waals surface area contributed by atoms with Gasteiger partial charge in [-0.3, -0.25) is 9.59 Å². The van der Waals surface area contributed by atoms with Gasteiger partial charge >= 0.3 is 18.1 Å². The number of carbonyl (C=O) groups excluding carboxylic acids is 2. The van der Waals surface area contributed by atoms with E-state index in [0.717, 1.165) is 5.56 Å². The summed E-state index contributed by atoms with van der Waals surface area (Å²) in [5.74, 6) is -3.68. The van der Waals surface area contributed by atoms with E-state index in [4.69, 9.17) is 4.74 Å². The third-order valence-corrected chi connectivity index (χ3v) is 3.53. The van der Waals surface area contributed by atoms with Gasteiger partial charge in [0.05, 0.1) is 18.6 Å². The fourth-order valence-corrected chi connectivity index (χ4v) is 2.05. The Balaban J connectivity index is 2.64. The first-order valence-corrected chi connectivity index (χ1v) is 7.53. The molecule has 0 aliphatic carbocycles. The Hall–Kier alpha value is -2.35. The first-order valence-electron chi connectivity index (χ1n) is 7.53. The highest BCUT2D eigenvalue weighted by Gasteiger charge is 2.41. The fourth-order valence-electron chi connectivity index (χ4n) is 2.05. The molecule has 3 atom stereocenters. The van der Waals surface area contributed by atoms with Crippen molar-refractivity contribution in [1.82, 2.24) is 5.32 Å². The normalized spacial score (nSPS) is 14.9. The molecule has 1 aromatic rings. The van der Waals surface area contributed by atoms with Gasteiger partial charge in [0.2, 0.25) is 0 Å². The standard InChI is InChI=1S/C17H20F3NO4/c1-3-11(2)15(21-16(24)17(18,19)20)13(22)9-14(23)25-10-12-7-5-4-6-8-12/h3-8,11,13,15,22H,1,9-10H2,2H3,(H,21,24)/t11-,13-,15+/m0/s1. The summed E-state index contributed by atoms with van der Waals surface area (Å²) in [6.07, 6.45) is -5.93. The van der Waals surface area contributed by atoms with E-state index < -0.39 is 42.5 Å². The molecule has 0 fully saturated rings. The monoisotopic (exact) mass is 359 g/mol. The summed E-state index contributed by atoms with van der Waals surface area (Å²) in [5.41, 5.74) is 0.728. The zero-order valence-corrected chi connectivity index (χ0v) is 13.6. The number of benzene rings is 1. The lowest BCUT2D eigenvalue weighted by Gasteiger charge is -2.27. The quantitative estimate of drug-likeness (QED) is 0.552. The van der Waals surface area contributed by atoms with Crippen LogP contribution in [0.2, 0.25) is 0 Å². The van der Waals surface area contributed by atoms with Gasteiger partial charge in [-0.2, -0.15) is 13.2 Å². The minimum absolute atomic E-state index is 0.0248. The van der Waals surface area contributed by atoms with Crippen molar-refractivity contribution < 1.29 is 32.6 Å². The molecule has 1 amide bonds. The van der Waals surface area contributed by atoms with Crippen LogP contribution in [0.25, 0.3) is 0 Å². The van der Waals surface area contributed by atoms with E-state index >= 15 is 0 Å². The Morgan fingerprint density at radius 1 is 1.32 bits per heavy atom. The van der Waals surface area contributed by atoms with Crippen LogP contribution in [-0.2, 0) is 20.9 Å². The molecular weight excluding hydrogens is 339 g/mol. The van der Waals surface area contributed by atoms with Crippen LogP contribution in [0.1, 0.15) is 18.9 Å². The molecule has 0 unspecified atom stereocenters. The maximum atomic E-state index is 12.4. The number of hydrogen-bond donors (Lipinski definition) is 2. The Bertz CT molecular complexity index is 589. The van der Waals surface area contributed by atoms with E-state index in [-0.39, 0.29) is 6.61 Å². The molecule has 2 N–H and O–H groups in total. The predicted molar refractivity (Wildman–Crippen MR) is 84.2 cm³/mol. The first-order chi connectivity index (χ1) is 11.6. The van der Waals surface area contributed by atoms with Crippen LogP contribution in [0.15, 0.2) is 43.0 Å².